The van der Waals surface area contributed by atoms with Crippen molar-refractivity contribution < 1.29 is 19.0 Å². The molecular formula is C20H29NO4. The van der Waals surface area contributed by atoms with Crippen molar-refractivity contribution in [1.82, 2.24) is 5.32 Å². The average molecular weight is 347 g/mol. The van der Waals surface area contributed by atoms with Gasteiger partial charge in [0.15, 0.2) is 11.5 Å². The summed E-state index contributed by atoms with van der Waals surface area (Å²) in [4.78, 5) is 12.6. The van der Waals surface area contributed by atoms with Crippen molar-refractivity contribution in [3.8, 4) is 17.2 Å². The number of methoxy groups -OCH3 is 3. The first-order chi connectivity index (χ1) is 11.8. The molecule has 0 aromatic heterocycles. The summed E-state index contributed by atoms with van der Waals surface area (Å²) in [5.41, 5.74) is 2.10. The van der Waals surface area contributed by atoms with Crippen molar-refractivity contribution in [1.29, 1.82) is 0 Å². The van der Waals surface area contributed by atoms with Crippen LogP contribution in [0.25, 0.3) is 0 Å². The van der Waals surface area contributed by atoms with Gasteiger partial charge in [-0.1, -0.05) is 25.5 Å². The lowest BCUT2D eigenvalue weighted by Gasteiger charge is -2.14. The van der Waals surface area contributed by atoms with Crippen LogP contribution in [-0.4, -0.2) is 27.2 Å². The molecule has 1 aromatic carbocycles. The standard InChI is InChI=1S/C20H29NO4/c1-12(2)8-14-18(20(14,3)4)19(22)21-11-13-9-16(24-6)17(25-7)10-15(13)23-5/h8-10,14,18H,11H2,1-7H3,(H,21,22)/t14-,18+/m1/s1. The van der Waals surface area contributed by atoms with E-state index in [4.69, 9.17) is 14.2 Å². The van der Waals surface area contributed by atoms with Gasteiger partial charge in [-0.25, -0.2) is 0 Å². The second-order valence-corrected chi connectivity index (χ2v) is 7.31. The molecule has 0 spiro atoms. The Morgan fingerprint density at radius 1 is 1.08 bits per heavy atom. The van der Waals surface area contributed by atoms with E-state index in [0.717, 1.165) is 5.56 Å². The normalized spacial score (nSPS) is 20.4. The van der Waals surface area contributed by atoms with Crippen molar-refractivity contribution >= 4 is 5.91 Å². The summed E-state index contributed by atoms with van der Waals surface area (Å²) < 4.78 is 16.0. The Balaban J connectivity index is 2.11. The van der Waals surface area contributed by atoms with E-state index in [1.807, 2.05) is 6.07 Å². The number of allylic oxidation sites excluding steroid dienone is 2. The fourth-order valence-corrected chi connectivity index (χ4v) is 3.37. The Morgan fingerprint density at radius 2 is 1.64 bits per heavy atom. The van der Waals surface area contributed by atoms with E-state index in [-0.39, 0.29) is 17.2 Å². The molecule has 0 unspecified atom stereocenters. The summed E-state index contributed by atoms with van der Waals surface area (Å²) in [5, 5.41) is 3.04. The summed E-state index contributed by atoms with van der Waals surface area (Å²) in [6, 6.07) is 3.61. The maximum absolute atomic E-state index is 12.6. The number of ether oxygens (including phenoxy) is 3. The van der Waals surface area contributed by atoms with Gasteiger partial charge >= 0.3 is 0 Å². The summed E-state index contributed by atoms with van der Waals surface area (Å²) >= 11 is 0. The smallest absolute Gasteiger partial charge is 0.224 e. The van der Waals surface area contributed by atoms with Crippen LogP contribution in [0.4, 0.5) is 0 Å². The average Bonchev–Trinajstić information content (AvgIpc) is 3.11. The zero-order chi connectivity index (χ0) is 18.8. The Hall–Kier alpha value is -2.17. The number of hydrogen-bond acceptors (Lipinski definition) is 4. The molecular weight excluding hydrogens is 318 g/mol. The van der Waals surface area contributed by atoms with E-state index in [1.54, 1.807) is 27.4 Å². The number of nitrogens with one attached hydrogen (secondary N) is 1. The molecule has 0 bridgehead atoms. The van der Waals surface area contributed by atoms with Gasteiger partial charge in [0.1, 0.15) is 5.75 Å². The highest BCUT2D eigenvalue weighted by atomic mass is 16.5. The highest BCUT2D eigenvalue weighted by molar-refractivity contribution is 5.83. The Kier molecular flexibility index (Phi) is 5.65. The Morgan fingerprint density at radius 3 is 2.16 bits per heavy atom. The lowest BCUT2D eigenvalue weighted by molar-refractivity contribution is -0.123. The number of hydrogen-bond donors (Lipinski definition) is 1. The Labute approximate surface area is 150 Å². The van der Waals surface area contributed by atoms with Gasteiger partial charge in [-0.3, -0.25) is 4.79 Å². The third kappa shape index (κ3) is 3.91. The third-order valence-electron chi connectivity index (χ3n) is 4.95. The molecule has 1 fully saturated rings. The molecule has 1 aliphatic carbocycles. The van der Waals surface area contributed by atoms with Gasteiger partial charge in [-0.2, -0.15) is 0 Å². The third-order valence-corrected chi connectivity index (χ3v) is 4.95. The minimum Gasteiger partial charge on any atom is -0.496 e. The van der Waals surface area contributed by atoms with Crippen molar-refractivity contribution in [2.45, 2.75) is 34.2 Å². The summed E-state index contributed by atoms with van der Waals surface area (Å²) in [6.07, 6.45) is 2.20. The zero-order valence-electron chi connectivity index (χ0n) is 16.2. The van der Waals surface area contributed by atoms with Crippen LogP contribution < -0.4 is 19.5 Å². The highest BCUT2D eigenvalue weighted by Gasteiger charge is 2.60. The van der Waals surface area contributed by atoms with E-state index in [0.29, 0.717) is 29.7 Å². The van der Waals surface area contributed by atoms with Crippen LogP contribution in [0.1, 0.15) is 33.3 Å². The summed E-state index contributed by atoms with van der Waals surface area (Å²) in [5.74, 6) is 2.25. The molecule has 0 aliphatic heterocycles. The summed E-state index contributed by atoms with van der Waals surface area (Å²) in [7, 11) is 4.77. The van der Waals surface area contributed by atoms with Crippen LogP contribution in [0.2, 0.25) is 0 Å². The van der Waals surface area contributed by atoms with E-state index in [1.165, 1.54) is 5.57 Å². The summed E-state index contributed by atoms with van der Waals surface area (Å²) in [6.45, 7) is 8.79. The molecule has 2 atom stereocenters. The predicted molar refractivity (Wildman–Crippen MR) is 98.1 cm³/mol. The van der Waals surface area contributed by atoms with Gasteiger partial charge in [0.25, 0.3) is 0 Å². The second kappa shape index (κ2) is 7.38. The monoisotopic (exact) mass is 347 g/mol. The predicted octanol–water partition coefficient (Wildman–Crippen LogP) is 3.57. The van der Waals surface area contributed by atoms with Crippen LogP contribution in [0.5, 0.6) is 17.2 Å². The van der Waals surface area contributed by atoms with Crippen molar-refractivity contribution in [2.24, 2.45) is 17.3 Å². The largest absolute Gasteiger partial charge is 0.496 e. The lowest BCUT2D eigenvalue weighted by atomic mass is 10.1. The fraction of sp³-hybridized carbons (Fsp3) is 0.550. The first-order valence-corrected chi connectivity index (χ1v) is 8.47. The highest BCUT2D eigenvalue weighted by Crippen LogP contribution is 2.59. The maximum atomic E-state index is 12.6. The van der Waals surface area contributed by atoms with Crippen molar-refractivity contribution in [2.75, 3.05) is 21.3 Å². The minimum absolute atomic E-state index is 0.00301. The topological polar surface area (TPSA) is 56.8 Å². The van der Waals surface area contributed by atoms with Crippen LogP contribution >= 0.6 is 0 Å². The van der Waals surface area contributed by atoms with E-state index in [9.17, 15) is 4.79 Å². The molecule has 1 aromatic rings. The van der Waals surface area contributed by atoms with Gasteiger partial charge in [-0.05, 0) is 31.2 Å². The van der Waals surface area contributed by atoms with Gasteiger partial charge in [-0.15, -0.1) is 0 Å². The molecule has 0 heterocycles. The number of rotatable bonds is 7. The van der Waals surface area contributed by atoms with Gasteiger partial charge in [0.05, 0.1) is 27.2 Å². The lowest BCUT2D eigenvalue weighted by Crippen LogP contribution is -2.26. The molecule has 1 N–H and O–H groups in total. The quantitative estimate of drug-likeness (QED) is 0.766. The van der Waals surface area contributed by atoms with Crippen LogP contribution in [0.15, 0.2) is 23.8 Å². The van der Waals surface area contributed by atoms with Crippen molar-refractivity contribution in [3.05, 3.63) is 29.3 Å². The minimum atomic E-state index is 0.00301. The zero-order valence-corrected chi connectivity index (χ0v) is 16.2. The number of carbonyl (C=O) groups excluding carboxylic acids is 1. The molecule has 1 aliphatic rings. The molecule has 25 heavy (non-hydrogen) atoms. The second-order valence-electron chi connectivity index (χ2n) is 7.31. The number of amides is 1. The molecule has 1 amide bonds. The molecule has 5 nitrogen and oxygen atoms in total. The molecule has 2 rings (SSSR count). The first-order valence-electron chi connectivity index (χ1n) is 8.47. The van der Waals surface area contributed by atoms with Gasteiger partial charge < -0.3 is 19.5 Å². The molecule has 0 radical (unpaired) electrons. The van der Waals surface area contributed by atoms with Crippen LogP contribution in [0, 0.1) is 17.3 Å². The molecule has 5 heteroatoms. The maximum Gasteiger partial charge on any atom is 0.224 e. The first kappa shape index (κ1) is 19.2. The van der Waals surface area contributed by atoms with Crippen LogP contribution in [-0.2, 0) is 11.3 Å². The van der Waals surface area contributed by atoms with E-state index in [2.05, 4.69) is 39.1 Å². The molecule has 1 saturated carbocycles. The van der Waals surface area contributed by atoms with Gasteiger partial charge in [0, 0.05) is 18.2 Å². The fourth-order valence-electron chi connectivity index (χ4n) is 3.37. The molecule has 0 saturated heterocycles. The Bertz CT molecular complexity index is 675. The SMILES string of the molecule is COc1cc(OC)c(OC)cc1CNC(=O)[C@@H]1[C@@H](C=C(C)C)C1(C)C. The van der Waals surface area contributed by atoms with E-state index >= 15 is 0 Å². The number of benzene rings is 1. The van der Waals surface area contributed by atoms with E-state index < -0.39 is 0 Å². The van der Waals surface area contributed by atoms with Crippen molar-refractivity contribution in [3.63, 3.8) is 0 Å². The molecule has 138 valence electrons. The number of carbonyl (C=O) groups is 1. The van der Waals surface area contributed by atoms with Crippen LogP contribution in [0.3, 0.4) is 0 Å². The van der Waals surface area contributed by atoms with Gasteiger partial charge in [0.2, 0.25) is 5.91 Å².